The maximum atomic E-state index is 5.85. The predicted octanol–water partition coefficient (Wildman–Crippen LogP) is 2.46. The zero-order valence-electron chi connectivity index (χ0n) is 9.37. The van der Waals surface area contributed by atoms with E-state index in [-0.39, 0.29) is 0 Å². The molecule has 0 unspecified atom stereocenters. The van der Waals surface area contributed by atoms with E-state index >= 15 is 0 Å². The molecule has 3 nitrogen and oxygen atoms in total. The molecule has 0 aliphatic carbocycles. The first-order valence-electron chi connectivity index (χ1n) is 5.14. The maximum absolute atomic E-state index is 5.85. The average Bonchev–Trinajstić information content (AvgIpc) is 2.62. The van der Waals surface area contributed by atoms with Crippen LogP contribution in [0.2, 0.25) is 5.02 Å². The predicted molar refractivity (Wildman–Crippen MR) is 66.4 cm³/mol. The molecule has 0 aliphatic heterocycles. The van der Waals surface area contributed by atoms with Crippen molar-refractivity contribution < 1.29 is 0 Å². The number of nitrogens with zero attached hydrogens (tertiary/aromatic N) is 2. The van der Waals surface area contributed by atoms with Crippen LogP contribution in [0.1, 0.15) is 5.69 Å². The van der Waals surface area contributed by atoms with Gasteiger partial charge in [0.1, 0.15) is 0 Å². The molecular formula is C12H14ClN3. The lowest BCUT2D eigenvalue weighted by atomic mass is 10.1. The minimum Gasteiger partial charge on any atom is -0.314 e. The molecule has 2 aromatic rings. The van der Waals surface area contributed by atoms with Gasteiger partial charge in [0.2, 0.25) is 0 Å². The lowest BCUT2D eigenvalue weighted by molar-refractivity contribution is 0.673. The van der Waals surface area contributed by atoms with E-state index in [9.17, 15) is 0 Å². The van der Waals surface area contributed by atoms with Crippen molar-refractivity contribution in [2.45, 2.75) is 6.54 Å². The van der Waals surface area contributed by atoms with Gasteiger partial charge in [-0.1, -0.05) is 23.7 Å². The zero-order valence-corrected chi connectivity index (χ0v) is 10.1. The van der Waals surface area contributed by atoms with Crippen LogP contribution in [0.25, 0.3) is 11.3 Å². The first kappa shape index (κ1) is 11.2. The van der Waals surface area contributed by atoms with Gasteiger partial charge in [0.15, 0.2) is 0 Å². The summed E-state index contributed by atoms with van der Waals surface area (Å²) in [4.78, 5) is 0. The fraction of sp³-hybridized carbons (Fsp3) is 0.250. The highest BCUT2D eigenvalue weighted by Crippen LogP contribution is 2.20. The smallest absolute Gasteiger partial charge is 0.0926 e. The molecule has 0 bridgehead atoms. The lowest BCUT2D eigenvalue weighted by Gasteiger charge is -1.97. The second-order valence-corrected chi connectivity index (χ2v) is 4.12. The van der Waals surface area contributed by atoms with Crippen LogP contribution < -0.4 is 5.32 Å². The molecule has 0 atom stereocenters. The molecule has 0 saturated heterocycles. The molecule has 16 heavy (non-hydrogen) atoms. The second-order valence-electron chi connectivity index (χ2n) is 3.68. The average molecular weight is 236 g/mol. The molecule has 0 fully saturated rings. The first-order chi connectivity index (χ1) is 7.70. The number of nitrogens with one attached hydrogen (secondary N) is 1. The highest BCUT2D eigenvalue weighted by molar-refractivity contribution is 6.30. The van der Waals surface area contributed by atoms with Crippen molar-refractivity contribution in [3.63, 3.8) is 0 Å². The van der Waals surface area contributed by atoms with Crippen LogP contribution in [0.15, 0.2) is 30.3 Å². The van der Waals surface area contributed by atoms with Gasteiger partial charge in [0.05, 0.1) is 11.4 Å². The molecule has 0 amide bonds. The second kappa shape index (κ2) is 4.68. The van der Waals surface area contributed by atoms with E-state index < -0.39 is 0 Å². The van der Waals surface area contributed by atoms with E-state index in [1.165, 1.54) is 0 Å². The fourth-order valence-corrected chi connectivity index (χ4v) is 1.74. The molecule has 1 heterocycles. The van der Waals surface area contributed by atoms with Gasteiger partial charge in [-0.3, -0.25) is 4.68 Å². The molecular weight excluding hydrogens is 222 g/mol. The number of hydrogen-bond donors (Lipinski definition) is 1. The third kappa shape index (κ3) is 2.26. The van der Waals surface area contributed by atoms with Crippen LogP contribution >= 0.6 is 11.6 Å². The Bertz CT molecular complexity index is 474. The van der Waals surface area contributed by atoms with E-state index in [4.69, 9.17) is 11.6 Å². The Hall–Kier alpha value is -1.32. The summed E-state index contributed by atoms with van der Waals surface area (Å²) in [7, 11) is 3.88. The van der Waals surface area contributed by atoms with Crippen LogP contribution in [0.3, 0.4) is 0 Å². The van der Waals surface area contributed by atoms with E-state index in [1.54, 1.807) is 0 Å². The zero-order chi connectivity index (χ0) is 11.5. The van der Waals surface area contributed by atoms with Gasteiger partial charge < -0.3 is 5.32 Å². The standard InChI is InChI=1S/C12H14ClN3/c1-14-8-11-7-12(15-16(11)2)9-3-5-10(13)6-4-9/h3-7,14H,8H2,1-2H3. The Labute approximate surface area is 100 Å². The van der Waals surface area contributed by atoms with Crippen molar-refractivity contribution in [1.29, 1.82) is 0 Å². The number of hydrogen-bond acceptors (Lipinski definition) is 2. The van der Waals surface area contributed by atoms with Crippen molar-refractivity contribution in [2.24, 2.45) is 7.05 Å². The van der Waals surface area contributed by atoms with Crippen LogP contribution in [0, 0.1) is 0 Å². The SMILES string of the molecule is CNCc1cc(-c2ccc(Cl)cc2)nn1C. The van der Waals surface area contributed by atoms with Gasteiger partial charge in [-0.05, 0) is 25.2 Å². The molecule has 1 N–H and O–H groups in total. The first-order valence-corrected chi connectivity index (χ1v) is 5.52. The summed E-state index contributed by atoms with van der Waals surface area (Å²) < 4.78 is 1.89. The topological polar surface area (TPSA) is 29.9 Å². The van der Waals surface area contributed by atoms with Gasteiger partial charge in [-0.25, -0.2) is 0 Å². The van der Waals surface area contributed by atoms with Crippen LogP contribution in [-0.2, 0) is 13.6 Å². The summed E-state index contributed by atoms with van der Waals surface area (Å²) in [5.74, 6) is 0. The van der Waals surface area contributed by atoms with Crippen molar-refractivity contribution in [1.82, 2.24) is 15.1 Å². The minimum atomic E-state index is 0.745. The van der Waals surface area contributed by atoms with Crippen molar-refractivity contribution in [2.75, 3.05) is 7.05 Å². The number of benzene rings is 1. The van der Waals surface area contributed by atoms with Crippen LogP contribution in [0.5, 0.6) is 0 Å². The summed E-state index contributed by atoms with van der Waals surface area (Å²) in [6, 6.07) is 9.80. The Morgan fingerprint density at radius 1 is 1.31 bits per heavy atom. The third-order valence-corrected chi connectivity index (χ3v) is 2.73. The Balaban J connectivity index is 2.33. The van der Waals surface area contributed by atoms with Crippen molar-refractivity contribution in [3.8, 4) is 11.3 Å². The number of aryl methyl sites for hydroxylation is 1. The van der Waals surface area contributed by atoms with E-state index in [0.29, 0.717) is 0 Å². The summed E-state index contributed by atoms with van der Waals surface area (Å²) in [5.41, 5.74) is 3.22. The highest BCUT2D eigenvalue weighted by Gasteiger charge is 2.06. The van der Waals surface area contributed by atoms with E-state index in [1.807, 2.05) is 43.0 Å². The Morgan fingerprint density at radius 2 is 2.00 bits per heavy atom. The molecule has 0 saturated carbocycles. The van der Waals surface area contributed by atoms with E-state index in [0.717, 1.165) is 28.5 Å². The number of halogens is 1. The largest absolute Gasteiger partial charge is 0.314 e. The highest BCUT2D eigenvalue weighted by atomic mass is 35.5. The van der Waals surface area contributed by atoms with Crippen LogP contribution in [0.4, 0.5) is 0 Å². The van der Waals surface area contributed by atoms with Gasteiger partial charge in [0.25, 0.3) is 0 Å². The molecule has 2 rings (SSSR count). The summed E-state index contributed by atoms with van der Waals surface area (Å²) in [6.07, 6.45) is 0. The fourth-order valence-electron chi connectivity index (χ4n) is 1.61. The lowest BCUT2D eigenvalue weighted by Crippen LogP contribution is -2.09. The molecule has 0 aliphatic rings. The van der Waals surface area contributed by atoms with Crippen molar-refractivity contribution >= 4 is 11.6 Å². The van der Waals surface area contributed by atoms with Gasteiger partial charge in [-0.15, -0.1) is 0 Å². The molecule has 0 radical (unpaired) electrons. The Kier molecular flexibility index (Phi) is 3.27. The minimum absolute atomic E-state index is 0.745. The molecule has 4 heteroatoms. The molecule has 0 spiro atoms. The monoisotopic (exact) mass is 235 g/mol. The molecule has 1 aromatic carbocycles. The number of aromatic nitrogens is 2. The normalized spacial score (nSPS) is 10.7. The number of rotatable bonds is 3. The van der Waals surface area contributed by atoms with Gasteiger partial charge >= 0.3 is 0 Å². The third-order valence-electron chi connectivity index (χ3n) is 2.47. The maximum Gasteiger partial charge on any atom is 0.0926 e. The summed E-state index contributed by atoms with van der Waals surface area (Å²) in [5, 5.41) is 8.33. The van der Waals surface area contributed by atoms with Gasteiger partial charge in [-0.2, -0.15) is 5.10 Å². The Morgan fingerprint density at radius 3 is 2.62 bits per heavy atom. The van der Waals surface area contributed by atoms with Gasteiger partial charge in [0, 0.05) is 24.2 Å². The van der Waals surface area contributed by atoms with Crippen molar-refractivity contribution in [3.05, 3.63) is 41.0 Å². The van der Waals surface area contributed by atoms with Crippen LogP contribution in [-0.4, -0.2) is 16.8 Å². The molecule has 1 aromatic heterocycles. The summed E-state index contributed by atoms with van der Waals surface area (Å²) in [6.45, 7) is 0.817. The summed E-state index contributed by atoms with van der Waals surface area (Å²) >= 11 is 5.85. The quantitative estimate of drug-likeness (QED) is 0.886. The van der Waals surface area contributed by atoms with E-state index in [2.05, 4.69) is 16.5 Å². The molecule has 84 valence electrons.